The van der Waals surface area contributed by atoms with Crippen LogP contribution in [0, 0.1) is 17.2 Å². The molecule has 0 spiro atoms. The maximum absolute atomic E-state index is 11.3. The monoisotopic (exact) mass is 389 g/mol. The van der Waals surface area contributed by atoms with Crippen LogP contribution in [0.15, 0.2) is 35.4 Å². The van der Waals surface area contributed by atoms with Crippen LogP contribution in [-0.4, -0.2) is 36.2 Å². The van der Waals surface area contributed by atoms with Crippen molar-refractivity contribution >= 4 is 21.7 Å². The van der Waals surface area contributed by atoms with Crippen LogP contribution in [0.4, 0.5) is 11.6 Å². The van der Waals surface area contributed by atoms with Crippen molar-refractivity contribution in [1.29, 1.82) is 5.26 Å². The number of anilines is 2. The molecular weight excluding hydrogens is 370 g/mol. The summed E-state index contributed by atoms with van der Waals surface area (Å²) in [4.78, 5) is 8.32. The molecule has 1 saturated carbocycles. The number of nitriles is 1. The highest BCUT2D eigenvalue weighted by molar-refractivity contribution is 7.89. The van der Waals surface area contributed by atoms with Crippen molar-refractivity contribution in [3.05, 3.63) is 36.0 Å². The summed E-state index contributed by atoms with van der Waals surface area (Å²) >= 11 is 0. The Morgan fingerprint density at radius 2 is 2.07 bits per heavy atom. The third kappa shape index (κ3) is 4.51. The molecular formula is C17H19N5O4S. The fraction of sp³-hybridized carbons (Fsp3) is 0.353. The molecule has 1 aliphatic rings. The molecule has 2 aromatic rings. The second kappa shape index (κ2) is 7.87. The van der Waals surface area contributed by atoms with Crippen molar-refractivity contribution in [1.82, 2.24) is 9.97 Å². The van der Waals surface area contributed by atoms with Crippen molar-refractivity contribution in [2.24, 2.45) is 11.1 Å². The molecule has 1 aliphatic carbocycles. The van der Waals surface area contributed by atoms with Gasteiger partial charge >= 0.3 is 0 Å². The molecule has 142 valence electrons. The number of benzene rings is 1. The maximum Gasteiger partial charge on any atom is 0.238 e. The van der Waals surface area contributed by atoms with Gasteiger partial charge in [-0.15, -0.1) is 0 Å². The Labute approximate surface area is 156 Å². The Balaban J connectivity index is 1.79. The molecule has 2 unspecified atom stereocenters. The molecule has 3 rings (SSSR count). The van der Waals surface area contributed by atoms with Crippen LogP contribution in [0.25, 0.3) is 0 Å². The van der Waals surface area contributed by atoms with Crippen LogP contribution in [0.1, 0.15) is 24.8 Å². The number of primary sulfonamides is 1. The quantitative estimate of drug-likeness (QED) is 0.668. The maximum atomic E-state index is 11.3. The SMILES string of the molecule is N#Cc1cnc(Nc2ccc(S(N)(=O)=O)cc2)nc1OC1CCCC1CO. The highest BCUT2D eigenvalue weighted by Crippen LogP contribution is 2.30. The molecule has 9 nitrogen and oxygen atoms in total. The van der Waals surface area contributed by atoms with Crippen LogP contribution >= 0.6 is 0 Å². The van der Waals surface area contributed by atoms with Gasteiger partial charge in [0.15, 0.2) is 0 Å². The van der Waals surface area contributed by atoms with Gasteiger partial charge in [-0.3, -0.25) is 0 Å². The topological polar surface area (TPSA) is 151 Å². The predicted molar refractivity (Wildman–Crippen MR) is 96.7 cm³/mol. The summed E-state index contributed by atoms with van der Waals surface area (Å²) in [5, 5.41) is 26.7. The molecule has 0 aliphatic heterocycles. The largest absolute Gasteiger partial charge is 0.473 e. The first-order valence-corrected chi connectivity index (χ1v) is 9.90. The van der Waals surface area contributed by atoms with E-state index in [9.17, 15) is 18.8 Å². The van der Waals surface area contributed by atoms with Crippen LogP contribution in [0.2, 0.25) is 0 Å². The van der Waals surface area contributed by atoms with Gasteiger partial charge in [-0.25, -0.2) is 18.5 Å². The summed E-state index contributed by atoms with van der Waals surface area (Å²) in [6, 6.07) is 7.78. The van der Waals surface area contributed by atoms with Gasteiger partial charge in [0.1, 0.15) is 17.7 Å². The van der Waals surface area contributed by atoms with Gasteiger partial charge in [0.05, 0.1) is 11.1 Å². The number of nitrogens with two attached hydrogens (primary N) is 1. The average molecular weight is 389 g/mol. The van der Waals surface area contributed by atoms with E-state index < -0.39 is 10.0 Å². The second-order valence-electron chi connectivity index (χ2n) is 6.25. The fourth-order valence-electron chi connectivity index (χ4n) is 2.96. The standard InChI is InChI=1S/C17H19N5O4S/c18-8-12-9-20-17(21-13-4-6-14(7-5-13)27(19,24)25)22-16(12)26-15-3-1-2-11(15)10-23/h4-7,9,11,15,23H,1-3,10H2,(H2,19,24,25)(H,20,21,22). The molecule has 1 fully saturated rings. The number of aromatic nitrogens is 2. The lowest BCUT2D eigenvalue weighted by Gasteiger charge is -2.19. The van der Waals surface area contributed by atoms with Crippen LogP contribution in [0.5, 0.6) is 5.88 Å². The summed E-state index contributed by atoms with van der Waals surface area (Å²) in [7, 11) is -3.76. The smallest absolute Gasteiger partial charge is 0.238 e. The van der Waals surface area contributed by atoms with E-state index in [0.717, 1.165) is 19.3 Å². The van der Waals surface area contributed by atoms with E-state index in [2.05, 4.69) is 15.3 Å². The first-order valence-electron chi connectivity index (χ1n) is 8.35. The molecule has 0 amide bonds. The minimum atomic E-state index is -3.76. The minimum Gasteiger partial charge on any atom is -0.473 e. The fourth-order valence-corrected chi connectivity index (χ4v) is 3.48. The molecule has 0 radical (unpaired) electrons. The number of rotatable bonds is 6. The summed E-state index contributed by atoms with van der Waals surface area (Å²) in [6.45, 7) is 0.0269. The van der Waals surface area contributed by atoms with Gasteiger partial charge in [0.25, 0.3) is 0 Å². The minimum absolute atomic E-state index is 0.00546. The first kappa shape index (κ1) is 19.0. The number of nitrogens with one attached hydrogen (secondary N) is 1. The van der Waals surface area contributed by atoms with Gasteiger partial charge in [0.2, 0.25) is 21.9 Å². The predicted octanol–water partition coefficient (Wildman–Crippen LogP) is 1.28. The lowest BCUT2D eigenvalue weighted by molar-refractivity contribution is 0.105. The zero-order chi connectivity index (χ0) is 19.4. The molecule has 1 aromatic carbocycles. The number of sulfonamides is 1. The van der Waals surface area contributed by atoms with E-state index in [1.165, 1.54) is 30.5 Å². The van der Waals surface area contributed by atoms with Crippen molar-refractivity contribution in [2.75, 3.05) is 11.9 Å². The number of hydrogen-bond acceptors (Lipinski definition) is 8. The van der Waals surface area contributed by atoms with Gasteiger partial charge in [-0.1, -0.05) is 0 Å². The number of aliphatic hydroxyl groups is 1. The molecule has 2 atom stereocenters. The van der Waals surface area contributed by atoms with E-state index in [1.54, 1.807) is 0 Å². The summed E-state index contributed by atoms with van der Waals surface area (Å²) < 4.78 is 28.5. The third-order valence-electron chi connectivity index (χ3n) is 4.40. The number of nitrogens with zero attached hydrogens (tertiary/aromatic N) is 3. The zero-order valence-electron chi connectivity index (χ0n) is 14.4. The van der Waals surface area contributed by atoms with Gasteiger partial charge in [-0.2, -0.15) is 10.2 Å². The van der Waals surface area contributed by atoms with E-state index in [0.29, 0.717) is 5.69 Å². The van der Waals surface area contributed by atoms with E-state index in [1.807, 2.05) is 6.07 Å². The van der Waals surface area contributed by atoms with E-state index in [-0.39, 0.29) is 40.9 Å². The van der Waals surface area contributed by atoms with Gasteiger partial charge < -0.3 is 15.2 Å². The van der Waals surface area contributed by atoms with Crippen molar-refractivity contribution in [3.8, 4) is 11.9 Å². The molecule has 0 bridgehead atoms. The molecule has 1 heterocycles. The Kier molecular flexibility index (Phi) is 5.55. The zero-order valence-corrected chi connectivity index (χ0v) is 15.2. The van der Waals surface area contributed by atoms with Crippen molar-refractivity contribution < 1.29 is 18.3 Å². The number of ether oxygens (including phenoxy) is 1. The Bertz CT molecular complexity index is 956. The van der Waals surface area contributed by atoms with Crippen LogP contribution in [-0.2, 0) is 10.0 Å². The van der Waals surface area contributed by atoms with E-state index in [4.69, 9.17) is 9.88 Å². The molecule has 1 aromatic heterocycles. The normalized spacial score (nSPS) is 19.4. The lowest BCUT2D eigenvalue weighted by atomic mass is 10.1. The summed E-state index contributed by atoms with van der Waals surface area (Å²) in [6.07, 6.45) is 3.77. The van der Waals surface area contributed by atoms with Crippen LogP contribution < -0.4 is 15.2 Å². The Morgan fingerprint density at radius 3 is 2.70 bits per heavy atom. The molecule has 10 heteroatoms. The average Bonchev–Trinajstić information content (AvgIpc) is 3.09. The summed E-state index contributed by atoms with van der Waals surface area (Å²) in [5.41, 5.74) is 0.751. The Hall–Kier alpha value is -2.74. The number of aliphatic hydroxyl groups excluding tert-OH is 1. The molecule has 27 heavy (non-hydrogen) atoms. The van der Waals surface area contributed by atoms with Crippen LogP contribution in [0.3, 0.4) is 0 Å². The van der Waals surface area contributed by atoms with Crippen molar-refractivity contribution in [2.45, 2.75) is 30.3 Å². The molecule has 0 saturated heterocycles. The van der Waals surface area contributed by atoms with Gasteiger partial charge in [0, 0.05) is 18.2 Å². The molecule has 4 N–H and O–H groups in total. The van der Waals surface area contributed by atoms with Crippen molar-refractivity contribution in [3.63, 3.8) is 0 Å². The highest BCUT2D eigenvalue weighted by atomic mass is 32.2. The lowest BCUT2D eigenvalue weighted by Crippen LogP contribution is -2.25. The summed E-state index contributed by atoms with van der Waals surface area (Å²) in [5.74, 6) is 0.376. The number of hydrogen-bond donors (Lipinski definition) is 3. The second-order valence-corrected chi connectivity index (χ2v) is 7.81. The van der Waals surface area contributed by atoms with E-state index >= 15 is 0 Å². The first-order chi connectivity index (χ1) is 12.9. The highest BCUT2D eigenvalue weighted by Gasteiger charge is 2.29. The van der Waals surface area contributed by atoms with Gasteiger partial charge in [-0.05, 0) is 43.5 Å². The Morgan fingerprint density at radius 1 is 1.33 bits per heavy atom. The third-order valence-corrected chi connectivity index (χ3v) is 5.33.